The number of aromatic nitrogens is 6. The zero-order chi connectivity index (χ0) is 14.7. The van der Waals surface area contributed by atoms with E-state index in [0.29, 0.717) is 5.92 Å². The Kier molecular flexibility index (Phi) is 4.54. The minimum atomic E-state index is 0.475. The first-order valence-corrected chi connectivity index (χ1v) is 8.39. The van der Waals surface area contributed by atoms with E-state index in [2.05, 4.69) is 35.3 Å². The van der Waals surface area contributed by atoms with E-state index >= 15 is 0 Å². The summed E-state index contributed by atoms with van der Waals surface area (Å²) in [6.07, 6.45) is 3.24. The highest BCUT2D eigenvalue weighted by molar-refractivity contribution is 7.98. The van der Waals surface area contributed by atoms with Gasteiger partial charge < -0.3 is 9.88 Å². The molecule has 2 N–H and O–H groups in total. The lowest BCUT2D eigenvalue weighted by Crippen LogP contribution is -2.29. The molecule has 1 atom stereocenters. The Bertz CT molecular complexity index is 585. The molecule has 114 valence electrons. The molecule has 3 rings (SSSR count). The van der Waals surface area contributed by atoms with Crippen LogP contribution in [0.25, 0.3) is 0 Å². The molecule has 0 aliphatic carbocycles. The summed E-state index contributed by atoms with van der Waals surface area (Å²) in [5.74, 6) is 4.04. The summed E-state index contributed by atoms with van der Waals surface area (Å²) >= 11 is 1.64. The van der Waals surface area contributed by atoms with Gasteiger partial charge in [-0.15, -0.1) is 10.2 Å². The largest absolute Gasteiger partial charge is 0.316 e. The van der Waals surface area contributed by atoms with Crippen molar-refractivity contribution in [3.05, 3.63) is 17.5 Å². The van der Waals surface area contributed by atoms with Gasteiger partial charge in [-0.25, -0.2) is 4.98 Å². The molecule has 1 aliphatic rings. The molecule has 1 fully saturated rings. The lowest BCUT2D eigenvalue weighted by atomic mass is 9.99. The van der Waals surface area contributed by atoms with Gasteiger partial charge in [0.05, 0.1) is 5.75 Å². The number of nitrogens with zero attached hydrogens (tertiary/aromatic N) is 5. The Morgan fingerprint density at radius 1 is 1.38 bits per heavy atom. The molecule has 0 amide bonds. The van der Waals surface area contributed by atoms with Crippen LogP contribution in [0.1, 0.15) is 43.2 Å². The fourth-order valence-electron chi connectivity index (χ4n) is 2.57. The van der Waals surface area contributed by atoms with Crippen molar-refractivity contribution < 1.29 is 0 Å². The highest BCUT2D eigenvalue weighted by Crippen LogP contribution is 2.25. The molecule has 2 aromatic heterocycles. The van der Waals surface area contributed by atoms with Crippen LogP contribution in [-0.2, 0) is 19.2 Å². The number of hydrogen-bond acceptors (Lipinski definition) is 6. The Morgan fingerprint density at radius 2 is 2.29 bits per heavy atom. The molecule has 0 spiro atoms. The number of rotatable bonds is 5. The predicted octanol–water partition coefficient (Wildman–Crippen LogP) is 1.25. The Hall–Kier alpha value is -1.41. The first-order chi connectivity index (χ1) is 10.3. The number of thioether (sulfide) groups is 1. The molecule has 0 saturated carbocycles. The highest BCUT2D eigenvalue weighted by Gasteiger charge is 2.21. The van der Waals surface area contributed by atoms with E-state index in [4.69, 9.17) is 0 Å². The number of nitrogens with one attached hydrogen (secondary N) is 2. The smallest absolute Gasteiger partial charge is 0.191 e. The van der Waals surface area contributed by atoms with Gasteiger partial charge in [0.2, 0.25) is 0 Å². The van der Waals surface area contributed by atoms with Crippen LogP contribution in [0.5, 0.6) is 0 Å². The summed E-state index contributed by atoms with van der Waals surface area (Å²) in [6.45, 7) is 4.16. The number of H-pyrrole nitrogens is 1. The van der Waals surface area contributed by atoms with Crippen molar-refractivity contribution in [3.63, 3.8) is 0 Å². The Balaban J connectivity index is 1.64. The van der Waals surface area contributed by atoms with Gasteiger partial charge in [0.1, 0.15) is 17.5 Å². The maximum absolute atomic E-state index is 4.42. The van der Waals surface area contributed by atoms with Crippen molar-refractivity contribution in [2.45, 2.75) is 43.0 Å². The third-order valence-corrected chi connectivity index (χ3v) is 4.79. The average molecular weight is 307 g/mol. The zero-order valence-electron chi connectivity index (χ0n) is 12.5. The second-order valence-electron chi connectivity index (χ2n) is 5.28. The summed E-state index contributed by atoms with van der Waals surface area (Å²) in [5, 5.41) is 20.2. The van der Waals surface area contributed by atoms with Crippen LogP contribution < -0.4 is 5.32 Å². The molecule has 2 aromatic rings. The maximum Gasteiger partial charge on any atom is 0.191 e. The third kappa shape index (κ3) is 3.26. The van der Waals surface area contributed by atoms with Crippen LogP contribution >= 0.6 is 11.8 Å². The molecule has 0 aromatic carbocycles. The van der Waals surface area contributed by atoms with Crippen LogP contribution in [0.2, 0.25) is 0 Å². The van der Waals surface area contributed by atoms with Gasteiger partial charge in [0.15, 0.2) is 5.16 Å². The SMILES string of the molecule is CCc1n[nH]c(CSc2nnc(C3CCCNC3)n2C)n1. The lowest BCUT2D eigenvalue weighted by Gasteiger charge is -2.21. The molecular formula is C13H21N7S. The summed E-state index contributed by atoms with van der Waals surface area (Å²) < 4.78 is 2.11. The van der Waals surface area contributed by atoms with Gasteiger partial charge >= 0.3 is 0 Å². The molecule has 1 saturated heterocycles. The van der Waals surface area contributed by atoms with Crippen molar-refractivity contribution in [2.75, 3.05) is 13.1 Å². The molecule has 0 radical (unpaired) electrons. The number of aromatic amines is 1. The van der Waals surface area contributed by atoms with Gasteiger partial charge in [-0.1, -0.05) is 18.7 Å². The van der Waals surface area contributed by atoms with Gasteiger partial charge in [0.25, 0.3) is 0 Å². The molecule has 1 unspecified atom stereocenters. The van der Waals surface area contributed by atoms with Crippen molar-refractivity contribution >= 4 is 11.8 Å². The monoisotopic (exact) mass is 307 g/mol. The van der Waals surface area contributed by atoms with Crippen LogP contribution in [-0.4, -0.2) is 43.0 Å². The second kappa shape index (κ2) is 6.57. The van der Waals surface area contributed by atoms with Crippen molar-refractivity contribution in [2.24, 2.45) is 7.05 Å². The Labute approximate surface area is 128 Å². The summed E-state index contributed by atoms with van der Waals surface area (Å²) in [7, 11) is 2.05. The zero-order valence-corrected chi connectivity index (χ0v) is 13.3. The van der Waals surface area contributed by atoms with Gasteiger partial charge in [-0.2, -0.15) is 5.10 Å². The fourth-order valence-corrected chi connectivity index (χ4v) is 3.35. The molecule has 21 heavy (non-hydrogen) atoms. The lowest BCUT2D eigenvalue weighted by molar-refractivity contribution is 0.436. The van der Waals surface area contributed by atoms with E-state index < -0.39 is 0 Å². The summed E-state index contributed by atoms with van der Waals surface area (Å²) in [5.41, 5.74) is 0. The first kappa shape index (κ1) is 14.5. The topological polar surface area (TPSA) is 84.3 Å². The second-order valence-corrected chi connectivity index (χ2v) is 6.23. The van der Waals surface area contributed by atoms with E-state index in [1.807, 2.05) is 14.0 Å². The van der Waals surface area contributed by atoms with Crippen LogP contribution in [0.3, 0.4) is 0 Å². The Morgan fingerprint density at radius 3 is 3.00 bits per heavy atom. The average Bonchev–Trinajstić information content (AvgIpc) is 3.13. The van der Waals surface area contributed by atoms with Crippen LogP contribution in [0.15, 0.2) is 5.16 Å². The maximum atomic E-state index is 4.42. The fraction of sp³-hybridized carbons (Fsp3) is 0.692. The van der Waals surface area contributed by atoms with E-state index in [-0.39, 0.29) is 0 Å². The number of hydrogen-bond donors (Lipinski definition) is 2. The number of aryl methyl sites for hydroxylation is 1. The quantitative estimate of drug-likeness (QED) is 0.809. The molecule has 1 aliphatic heterocycles. The van der Waals surface area contributed by atoms with E-state index in [0.717, 1.165) is 47.9 Å². The standard InChI is InChI=1S/C13H21N7S/c1-3-10-15-11(17-16-10)8-21-13-19-18-12(20(13)2)9-5-4-6-14-7-9/h9,14H,3-8H2,1-2H3,(H,15,16,17). The number of piperidine rings is 1. The molecular weight excluding hydrogens is 286 g/mol. The van der Waals surface area contributed by atoms with Crippen molar-refractivity contribution in [3.8, 4) is 0 Å². The predicted molar refractivity (Wildman–Crippen MR) is 81.2 cm³/mol. The minimum Gasteiger partial charge on any atom is -0.316 e. The van der Waals surface area contributed by atoms with Crippen LogP contribution in [0, 0.1) is 0 Å². The van der Waals surface area contributed by atoms with E-state index in [9.17, 15) is 0 Å². The highest BCUT2D eigenvalue weighted by atomic mass is 32.2. The first-order valence-electron chi connectivity index (χ1n) is 7.41. The summed E-state index contributed by atoms with van der Waals surface area (Å²) in [6, 6.07) is 0. The molecule has 3 heterocycles. The molecule has 8 heteroatoms. The molecule has 7 nitrogen and oxygen atoms in total. The van der Waals surface area contributed by atoms with Crippen LogP contribution in [0.4, 0.5) is 0 Å². The normalized spacial score (nSPS) is 19.0. The van der Waals surface area contributed by atoms with Gasteiger partial charge in [0, 0.05) is 25.9 Å². The van der Waals surface area contributed by atoms with E-state index in [1.165, 1.54) is 12.8 Å². The third-order valence-electron chi connectivity index (χ3n) is 3.76. The van der Waals surface area contributed by atoms with Gasteiger partial charge in [-0.3, -0.25) is 5.10 Å². The molecule has 0 bridgehead atoms. The van der Waals surface area contributed by atoms with Crippen molar-refractivity contribution in [1.29, 1.82) is 0 Å². The van der Waals surface area contributed by atoms with Crippen molar-refractivity contribution in [1.82, 2.24) is 35.3 Å². The summed E-state index contributed by atoms with van der Waals surface area (Å²) in [4.78, 5) is 4.42. The minimum absolute atomic E-state index is 0.475. The van der Waals surface area contributed by atoms with E-state index in [1.54, 1.807) is 11.8 Å². The van der Waals surface area contributed by atoms with Gasteiger partial charge in [-0.05, 0) is 19.4 Å².